The quantitative estimate of drug-likeness (QED) is 0.553. The number of rotatable bonds is 0. The number of nitrogen functional groups attached to an aromatic ring is 1. The summed E-state index contributed by atoms with van der Waals surface area (Å²) in [5.74, 6) is -0.375. The molecule has 6 heteroatoms. The number of alkyl halides is 3. The van der Waals surface area contributed by atoms with E-state index in [1.807, 2.05) is 0 Å². The molecule has 1 aromatic carbocycles. The van der Waals surface area contributed by atoms with Crippen LogP contribution < -0.4 is 5.73 Å². The van der Waals surface area contributed by atoms with Gasteiger partial charge in [-0.1, -0.05) is 0 Å². The van der Waals surface area contributed by atoms with Crippen molar-refractivity contribution in [1.29, 1.82) is 0 Å². The van der Waals surface area contributed by atoms with Gasteiger partial charge in [0.2, 0.25) is 0 Å². The van der Waals surface area contributed by atoms with E-state index in [1.165, 1.54) is 0 Å². The minimum atomic E-state index is -4.47. The van der Waals surface area contributed by atoms with E-state index in [0.29, 0.717) is 0 Å². The number of benzene rings is 1. The molecule has 0 radical (unpaired) electrons. The average molecular weight is 256 g/mol. The normalized spacial score (nSPS) is 11.7. The fourth-order valence-corrected chi connectivity index (χ4v) is 1.36. The second kappa shape index (κ2) is 3.10. The fourth-order valence-electron chi connectivity index (χ4n) is 0.802. The first-order valence-electron chi connectivity index (χ1n) is 3.18. The summed E-state index contributed by atoms with van der Waals surface area (Å²) in [6.45, 7) is 0. The van der Waals surface area contributed by atoms with Gasteiger partial charge in [-0.3, -0.25) is 0 Å². The van der Waals surface area contributed by atoms with Gasteiger partial charge in [0.25, 0.3) is 0 Å². The van der Waals surface area contributed by atoms with Crippen molar-refractivity contribution in [2.45, 2.75) is 6.18 Å². The Kier molecular flexibility index (Phi) is 2.42. The Bertz CT molecular complexity index is 337. The van der Waals surface area contributed by atoms with Crippen LogP contribution in [0.15, 0.2) is 16.6 Å². The van der Waals surface area contributed by atoms with Crippen LogP contribution in [0.4, 0.5) is 18.9 Å². The highest BCUT2D eigenvalue weighted by Gasteiger charge is 2.34. The topological polar surface area (TPSA) is 46.2 Å². The molecule has 0 aliphatic heterocycles. The molecule has 0 heterocycles. The maximum atomic E-state index is 12.2. The molecule has 0 aliphatic carbocycles. The number of phenols is 1. The highest BCUT2D eigenvalue weighted by Crippen LogP contribution is 2.40. The molecule has 0 fully saturated rings. The largest absolute Gasteiger partial charge is 0.506 e. The van der Waals surface area contributed by atoms with Gasteiger partial charge < -0.3 is 10.8 Å². The molecule has 1 rings (SSSR count). The summed E-state index contributed by atoms with van der Waals surface area (Å²) in [5, 5.41) is 8.97. The van der Waals surface area contributed by atoms with E-state index in [4.69, 9.17) is 10.8 Å². The van der Waals surface area contributed by atoms with Crippen molar-refractivity contribution in [2.24, 2.45) is 0 Å². The van der Waals surface area contributed by atoms with Crippen molar-refractivity contribution < 1.29 is 18.3 Å². The SMILES string of the molecule is Nc1c(O)ccc(C(F)(F)F)c1Br. The van der Waals surface area contributed by atoms with Crippen LogP contribution in [0.2, 0.25) is 0 Å². The maximum absolute atomic E-state index is 12.2. The molecule has 0 bridgehead atoms. The molecule has 0 amide bonds. The summed E-state index contributed by atoms with van der Waals surface area (Å²) in [6, 6.07) is 1.67. The third kappa shape index (κ3) is 1.88. The number of aromatic hydroxyl groups is 1. The van der Waals surface area contributed by atoms with Crippen LogP contribution in [0.3, 0.4) is 0 Å². The Balaban J connectivity index is 3.35. The van der Waals surface area contributed by atoms with Crippen LogP contribution in [0, 0.1) is 0 Å². The molecule has 0 saturated heterocycles. The number of halogens is 4. The zero-order valence-corrected chi connectivity index (χ0v) is 7.78. The molecular weight excluding hydrogens is 251 g/mol. The molecule has 0 saturated carbocycles. The summed E-state index contributed by atoms with van der Waals surface area (Å²) in [5.41, 5.74) is 3.97. The number of hydrogen-bond acceptors (Lipinski definition) is 2. The lowest BCUT2D eigenvalue weighted by Crippen LogP contribution is -2.07. The predicted molar refractivity (Wildman–Crippen MR) is 45.2 cm³/mol. The van der Waals surface area contributed by atoms with E-state index in [2.05, 4.69) is 15.9 Å². The Hall–Kier alpha value is -0.910. The van der Waals surface area contributed by atoms with Crippen LogP contribution in [0.25, 0.3) is 0 Å². The fraction of sp³-hybridized carbons (Fsp3) is 0.143. The van der Waals surface area contributed by atoms with E-state index >= 15 is 0 Å². The van der Waals surface area contributed by atoms with E-state index < -0.39 is 11.7 Å². The molecule has 0 atom stereocenters. The lowest BCUT2D eigenvalue weighted by molar-refractivity contribution is -0.138. The third-order valence-electron chi connectivity index (χ3n) is 1.46. The maximum Gasteiger partial charge on any atom is 0.417 e. The molecule has 72 valence electrons. The van der Waals surface area contributed by atoms with Crippen LogP contribution in [0.1, 0.15) is 5.56 Å². The van der Waals surface area contributed by atoms with Gasteiger partial charge in [0.15, 0.2) is 0 Å². The lowest BCUT2D eigenvalue weighted by Gasteiger charge is -2.11. The zero-order valence-electron chi connectivity index (χ0n) is 6.19. The van der Waals surface area contributed by atoms with E-state index in [0.717, 1.165) is 12.1 Å². The Morgan fingerprint density at radius 2 is 1.85 bits per heavy atom. The van der Waals surface area contributed by atoms with E-state index in [-0.39, 0.29) is 15.9 Å². The van der Waals surface area contributed by atoms with Gasteiger partial charge in [0.05, 0.1) is 15.7 Å². The highest BCUT2D eigenvalue weighted by atomic mass is 79.9. The lowest BCUT2D eigenvalue weighted by atomic mass is 10.2. The van der Waals surface area contributed by atoms with Gasteiger partial charge in [-0.25, -0.2) is 0 Å². The summed E-state index contributed by atoms with van der Waals surface area (Å²) in [4.78, 5) is 0. The van der Waals surface area contributed by atoms with Gasteiger partial charge in [0, 0.05) is 0 Å². The first-order valence-corrected chi connectivity index (χ1v) is 3.97. The molecule has 13 heavy (non-hydrogen) atoms. The molecule has 3 N–H and O–H groups in total. The van der Waals surface area contributed by atoms with Gasteiger partial charge in [-0.05, 0) is 28.1 Å². The molecule has 2 nitrogen and oxygen atoms in total. The van der Waals surface area contributed by atoms with Crippen molar-refractivity contribution >= 4 is 21.6 Å². The predicted octanol–water partition coefficient (Wildman–Crippen LogP) is 2.76. The minimum absolute atomic E-state index is 0.310. The van der Waals surface area contributed by atoms with Crippen LogP contribution in [-0.4, -0.2) is 5.11 Å². The molecule has 0 unspecified atom stereocenters. The smallest absolute Gasteiger partial charge is 0.417 e. The molecular formula is C7H5BrF3NO. The van der Waals surface area contributed by atoms with Crippen molar-refractivity contribution in [2.75, 3.05) is 5.73 Å². The monoisotopic (exact) mass is 255 g/mol. The molecule has 0 spiro atoms. The number of hydrogen-bond donors (Lipinski definition) is 2. The summed E-state index contributed by atoms with van der Waals surface area (Å²) < 4.78 is 36.2. The summed E-state index contributed by atoms with van der Waals surface area (Å²) >= 11 is 2.66. The molecule has 0 aromatic heterocycles. The zero-order chi connectivity index (χ0) is 10.2. The van der Waals surface area contributed by atoms with Gasteiger partial charge in [-0.2, -0.15) is 13.2 Å². The second-order valence-corrected chi connectivity index (χ2v) is 3.15. The van der Waals surface area contributed by atoms with Crippen molar-refractivity contribution in [3.63, 3.8) is 0 Å². The average Bonchev–Trinajstić information content (AvgIpc) is 1.98. The van der Waals surface area contributed by atoms with Crippen molar-refractivity contribution in [3.05, 3.63) is 22.2 Å². The number of nitrogens with two attached hydrogens (primary N) is 1. The molecule has 1 aromatic rings. The van der Waals surface area contributed by atoms with Gasteiger partial charge >= 0.3 is 6.18 Å². The summed E-state index contributed by atoms with van der Waals surface area (Å²) in [6.07, 6.45) is -4.47. The first kappa shape index (κ1) is 10.2. The number of anilines is 1. The second-order valence-electron chi connectivity index (χ2n) is 2.36. The highest BCUT2D eigenvalue weighted by molar-refractivity contribution is 9.10. The third-order valence-corrected chi connectivity index (χ3v) is 2.32. The Morgan fingerprint density at radius 3 is 2.31 bits per heavy atom. The van der Waals surface area contributed by atoms with Crippen LogP contribution in [-0.2, 0) is 6.18 Å². The van der Waals surface area contributed by atoms with E-state index in [1.54, 1.807) is 0 Å². The first-order chi connectivity index (χ1) is 5.84. The van der Waals surface area contributed by atoms with Gasteiger partial charge in [-0.15, -0.1) is 0 Å². The van der Waals surface area contributed by atoms with Crippen molar-refractivity contribution in [1.82, 2.24) is 0 Å². The van der Waals surface area contributed by atoms with Crippen molar-refractivity contribution in [3.8, 4) is 5.75 Å². The van der Waals surface area contributed by atoms with Crippen LogP contribution >= 0.6 is 15.9 Å². The molecule has 0 aliphatic rings. The standard InChI is InChI=1S/C7H5BrF3NO/c8-5-3(7(9,10)11)1-2-4(13)6(5)12/h1-2,13H,12H2. The van der Waals surface area contributed by atoms with Crippen LogP contribution in [0.5, 0.6) is 5.75 Å². The summed E-state index contributed by atoms with van der Waals surface area (Å²) in [7, 11) is 0. The van der Waals surface area contributed by atoms with Gasteiger partial charge in [0.1, 0.15) is 5.75 Å². The Morgan fingerprint density at radius 1 is 1.31 bits per heavy atom. The Labute approximate surface area is 80.3 Å². The minimum Gasteiger partial charge on any atom is -0.506 e. The number of phenolic OH excluding ortho intramolecular Hbond substituents is 1. The van der Waals surface area contributed by atoms with E-state index in [9.17, 15) is 13.2 Å².